The Morgan fingerprint density at radius 1 is 1.12 bits per heavy atom. The van der Waals surface area contributed by atoms with Crippen LogP contribution in [-0.2, 0) is 16.9 Å². The van der Waals surface area contributed by atoms with Gasteiger partial charge in [-0.05, 0) is 37.3 Å². The third-order valence-corrected chi connectivity index (χ3v) is 4.25. The average Bonchev–Trinajstić information content (AvgIpc) is 2.82. The van der Waals surface area contributed by atoms with E-state index >= 15 is 0 Å². The molecule has 1 aliphatic heterocycles. The summed E-state index contributed by atoms with van der Waals surface area (Å²) < 4.78 is 41.6. The van der Waals surface area contributed by atoms with Crippen molar-refractivity contribution in [2.75, 3.05) is 0 Å². The number of nitrogens with one attached hydrogen (secondary N) is 1. The van der Waals surface area contributed by atoms with Crippen LogP contribution in [0, 0.1) is 28.8 Å². The predicted octanol–water partition coefficient (Wildman–Crippen LogP) is 2.94. The number of nitrogens with zero attached hydrogens (tertiary/aromatic N) is 2. The topological polar surface area (TPSA) is 73.2 Å². The molecule has 8 heteroatoms. The highest BCUT2D eigenvalue weighted by Gasteiger charge is 2.50. The summed E-state index contributed by atoms with van der Waals surface area (Å²) in [5.74, 6) is -3.21. The number of benzene rings is 2. The predicted molar refractivity (Wildman–Crippen MR) is 83.9 cm³/mol. The molecule has 3 rings (SSSR count). The van der Waals surface area contributed by atoms with Gasteiger partial charge >= 0.3 is 6.03 Å². The first-order valence-corrected chi connectivity index (χ1v) is 7.54. The average molecular weight is 359 g/mol. The maximum Gasteiger partial charge on any atom is 0.325 e. The molecule has 1 saturated heterocycles. The van der Waals surface area contributed by atoms with Crippen LogP contribution in [0.5, 0.6) is 0 Å². The van der Waals surface area contributed by atoms with Gasteiger partial charge in [-0.3, -0.25) is 9.69 Å². The molecule has 0 radical (unpaired) electrons. The van der Waals surface area contributed by atoms with E-state index in [4.69, 9.17) is 5.26 Å². The van der Waals surface area contributed by atoms with Crippen molar-refractivity contribution in [3.05, 3.63) is 70.5 Å². The summed E-state index contributed by atoms with van der Waals surface area (Å²) in [5.41, 5.74) is -2.03. The van der Waals surface area contributed by atoms with Crippen molar-refractivity contribution in [2.45, 2.75) is 19.0 Å². The van der Waals surface area contributed by atoms with Crippen LogP contribution in [-0.4, -0.2) is 16.8 Å². The van der Waals surface area contributed by atoms with Crippen LogP contribution in [0.4, 0.5) is 18.0 Å². The zero-order valence-corrected chi connectivity index (χ0v) is 13.5. The van der Waals surface area contributed by atoms with Gasteiger partial charge in [0.25, 0.3) is 5.91 Å². The van der Waals surface area contributed by atoms with Gasteiger partial charge in [-0.1, -0.05) is 6.07 Å². The highest BCUT2D eigenvalue weighted by molar-refractivity contribution is 6.07. The number of rotatable bonds is 3. The molecule has 1 aliphatic rings. The molecular weight excluding hydrogens is 347 g/mol. The van der Waals surface area contributed by atoms with Crippen LogP contribution >= 0.6 is 0 Å². The number of hydrogen-bond donors (Lipinski definition) is 1. The Morgan fingerprint density at radius 2 is 1.85 bits per heavy atom. The molecule has 0 aliphatic carbocycles. The van der Waals surface area contributed by atoms with E-state index in [2.05, 4.69) is 5.32 Å². The Hall–Kier alpha value is -3.34. The van der Waals surface area contributed by atoms with Crippen molar-refractivity contribution in [1.82, 2.24) is 10.2 Å². The fraction of sp³-hybridized carbons (Fsp3) is 0.167. The summed E-state index contributed by atoms with van der Waals surface area (Å²) in [6, 6.07) is 7.13. The first-order valence-electron chi connectivity index (χ1n) is 7.54. The molecule has 0 bridgehead atoms. The van der Waals surface area contributed by atoms with E-state index in [1.54, 1.807) is 6.07 Å². The van der Waals surface area contributed by atoms with Crippen LogP contribution < -0.4 is 5.32 Å². The van der Waals surface area contributed by atoms with E-state index in [9.17, 15) is 22.8 Å². The lowest BCUT2D eigenvalue weighted by molar-refractivity contribution is -0.131. The Balaban J connectivity index is 1.94. The molecule has 0 saturated carbocycles. The third-order valence-electron chi connectivity index (χ3n) is 4.25. The van der Waals surface area contributed by atoms with Gasteiger partial charge in [0, 0.05) is 11.1 Å². The molecule has 1 fully saturated rings. The maximum atomic E-state index is 14.1. The van der Waals surface area contributed by atoms with Crippen molar-refractivity contribution in [1.29, 1.82) is 5.26 Å². The van der Waals surface area contributed by atoms with Crippen LogP contribution in [0.1, 0.15) is 23.6 Å². The minimum Gasteiger partial charge on any atom is -0.319 e. The Kier molecular flexibility index (Phi) is 4.16. The number of halogens is 3. The monoisotopic (exact) mass is 359 g/mol. The van der Waals surface area contributed by atoms with Crippen molar-refractivity contribution >= 4 is 11.9 Å². The van der Waals surface area contributed by atoms with Gasteiger partial charge in [-0.15, -0.1) is 0 Å². The maximum absolute atomic E-state index is 14.1. The fourth-order valence-corrected chi connectivity index (χ4v) is 2.82. The summed E-state index contributed by atoms with van der Waals surface area (Å²) in [7, 11) is 0. The second kappa shape index (κ2) is 6.19. The van der Waals surface area contributed by atoms with Crippen molar-refractivity contribution in [2.24, 2.45) is 0 Å². The summed E-state index contributed by atoms with van der Waals surface area (Å²) >= 11 is 0. The second-order valence-corrected chi connectivity index (χ2v) is 5.99. The highest BCUT2D eigenvalue weighted by Crippen LogP contribution is 2.32. The molecule has 2 aromatic rings. The molecule has 2 aromatic carbocycles. The minimum atomic E-state index is -1.81. The third kappa shape index (κ3) is 2.77. The zero-order valence-electron chi connectivity index (χ0n) is 13.5. The number of amides is 3. The van der Waals surface area contributed by atoms with Crippen LogP contribution in [0.3, 0.4) is 0 Å². The van der Waals surface area contributed by atoms with Gasteiger partial charge in [0.2, 0.25) is 0 Å². The Labute approximate surface area is 146 Å². The first-order chi connectivity index (χ1) is 12.3. The number of carbonyl (C=O) groups is 2. The number of imide groups is 1. The van der Waals surface area contributed by atoms with Crippen molar-refractivity contribution < 1.29 is 22.8 Å². The molecule has 1 unspecified atom stereocenters. The molecule has 1 N–H and O–H groups in total. The SMILES string of the molecule is CC1(c2cc(F)ccc2F)NC(=O)N(Cc2ccc(C#N)cc2F)C1=O. The smallest absolute Gasteiger partial charge is 0.319 e. The molecule has 3 amide bonds. The first kappa shape index (κ1) is 17.5. The van der Waals surface area contributed by atoms with Crippen molar-refractivity contribution in [3.8, 4) is 6.07 Å². The Morgan fingerprint density at radius 3 is 2.50 bits per heavy atom. The number of carbonyl (C=O) groups excluding carboxylic acids is 2. The Bertz CT molecular complexity index is 971. The van der Waals surface area contributed by atoms with E-state index in [0.29, 0.717) is 0 Å². The molecule has 0 aromatic heterocycles. The summed E-state index contributed by atoms with van der Waals surface area (Å²) in [6.45, 7) is 0.842. The lowest BCUT2D eigenvalue weighted by Gasteiger charge is -2.23. The molecule has 5 nitrogen and oxygen atoms in total. The van der Waals surface area contributed by atoms with Gasteiger partial charge in [0.05, 0.1) is 18.2 Å². The molecule has 1 heterocycles. The molecule has 0 spiro atoms. The van der Waals surface area contributed by atoms with E-state index in [0.717, 1.165) is 29.2 Å². The van der Waals surface area contributed by atoms with E-state index in [-0.39, 0.29) is 16.7 Å². The van der Waals surface area contributed by atoms with E-state index in [1.165, 1.54) is 19.1 Å². The summed E-state index contributed by atoms with van der Waals surface area (Å²) in [6.07, 6.45) is 0. The quantitative estimate of drug-likeness (QED) is 0.857. The largest absolute Gasteiger partial charge is 0.325 e. The normalized spacial score (nSPS) is 19.4. The lowest BCUT2D eigenvalue weighted by atomic mass is 9.91. The number of urea groups is 1. The number of hydrogen-bond acceptors (Lipinski definition) is 3. The molecule has 1 atom stereocenters. The standard InChI is InChI=1S/C18H12F3N3O2/c1-18(13-7-12(19)4-5-14(13)20)16(25)24(17(26)23-18)9-11-3-2-10(8-22)6-15(11)21/h2-7H,9H2,1H3,(H,23,26). The van der Waals surface area contributed by atoms with Crippen molar-refractivity contribution in [3.63, 3.8) is 0 Å². The second-order valence-electron chi connectivity index (χ2n) is 5.99. The van der Waals surface area contributed by atoms with Gasteiger partial charge in [0.15, 0.2) is 0 Å². The van der Waals surface area contributed by atoms with E-state index < -0.39 is 41.5 Å². The fourth-order valence-electron chi connectivity index (χ4n) is 2.82. The van der Waals surface area contributed by atoms with Gasteiger partial charge in [0.1, 0.15) is 23.0 Å². The van der Waals surface area contributed by atoms with Gasteiger partial charge in [-0.2, -0.15) is 5.26 Å². The lowest BCUT2D eigenvalue weighted by Crippen LogP contribution is -2.41. The molecular formula is C18H12F3N3O2. The number of nitriles is 1. The zero-order chi connectivity index (χ0) is 19.1. The highest BCUT2D eigenvalue weighted by atomic mass is 19.1. The van der Waals surface area contributed by atoms with Gasteiger partial charge in [-0.25, -0.2) is 18.0 Å². The minimum absolute atomic E-state index is 0.0106. The van der Waals surface area contributed by atoms with Crippen LogP contribution in [0.25, 0.3) is 0 Å². The molecule has 26 heavy (non-hydrogen) atoms. The van der Waals surface area contributed by atoms with Gasteiger partial charge < -0.3 is 5.32 Å². The molecule has 132 valence electrons. The summed E-state index contributed by atoms with van der Waals surface area (Å²) in [5, 5.41) is 11.1. The van der Waals surface area contributed by atoms with Crippen LogP contribution in [0.2, 0.25) is 0 Å². The van der Waals surface area contributed by atoms with E-state index in [1.807, 2.05) is 0 Å². The van der Waals surface area contributed by atoms with Crippen LogP contribution in [0.15, 0.2) is 36.4 Å². The summed E-state index contributed by atoms with van der Waals surface area (Å²) in [4.78, 5) is 25.6.